The first-order valence-corrected chi connectivity index (χ1v) is 7.67. The number of nitrogens with zero attached hydrogens (tertiary/aromatic N) is 2. The van der Waals surface area contributed by atoms with Gasteiger partial charge in [-0.15, -0.1) is 11.3 Å². The summed E-state index contributed by atoms with van der Waals surface area (Å²) in [5.74, 6) is -1.02. The Morgan fingerprint density at radius 1 is 1.48 bits per heavy atom. The largest absolute Gasteiger partial charge is 0.477 e. The molecular formula is C14H18N2O4S. The maximum Gasteiger partial charge on any atom is 0.346 e. The van der Waals surface area contributed by atoms with Crippen molar-refractivity contribution in [1.29, 1.82) is 0 Å². The van der Waals surface area contributed by atoms with E-state index in [1.807, 2.05) is 0 Å². The lowest BCUT2D eigenvalue weighted by atomic mass is 10.2. The summed E-state index contributed by atoms with van der Waals surface area (Å²) < 4.78 is 6.91. The molecule has 0 unspecified atom stereocenters. The first-order chi connectivity index (χ1) is 10.1. The van der Waals surface area contributed by atoms with Crippen LogP contribution in [0.3, 0.4) is 0 Å². The zero-order valence-electron chi connectivity index (χ0n) is 12.1. The van der Waals surface area contributed by atoms with Crippen LogP contribution in [0.5, 0.6) is 0 Å². The van der Waals surface area contributed by atoms with E-state index in [0.29, 0.717) is 35.5 Å². The highest BCUT2D eigenvalue weighted by molar-refractivity contribution is 7.20. The van der Waals surface area contributed by atoms with Gasteiger partial charge in [0.25, 0.3) is 5.56 Å². The monoisotopic (exact) mass is 310 g/mol. The van der Waals surface area contributed by atoms with E-state index in [2.05, 4.69) is 11.9 Å². The molecule has 6 nitrogen and oxygen atoms in total. The number of unbranched alkanes of at least 4 members (excludes halogenated alkanes) is 1. The molecule has 0 saturated heterocycles. The number of hydrogen-bond donors (Lipinski definition) is 1. The summed E-state index contributed by atoms with van der Waals surface area (Å²) in [7, 11) is 0. The minimum atomic E-state index is -1.02. The first kappa shape index (κ1) is 15.7. The van der Waals surface area contributed by atoms with Gasteiger partial charge < -0.3 is 9.84 Å². The number of aromatic nitrogens is 2. The van der Waals surface area contributed by atoms with Gasteiger partial charge in [-0.2, -0.15) is 0 Å². The van der Waals surface area contributed by atoms with Gasteiger partial charge in [-0.05, 0) is 18.9 Å². The van der Waals surface area contributed by atoms with Crippen molar-refractivity contribution >= 4 is 27.5 Å². The molecule has 0 aromatic carbocycles. The third-order valence-electron chi connectivity index (χ3n) is 3.23. The molecule has 0 amide bonds. The van der Waals surface area contributed by atoms with Crippen LogP contribution in [0, 0.1) is 6.92 Å². The second kappa shape index (κ2) is 6.82. The van der Waals surface area contributed by atoms with Crippen LogP contribution in [0.2, 0.25) is 0 Å². The maximum atomic E-state index is 12.4. The van der Waals surface area contributed by atoms with Crippen molar-refractivity contribution in [1.82, 2.24) is 9.55 Å². The molecule has 0 radical (unpaired) electrons. The van der Waals surface area contributed by atoms with Gasteiger partial charge in [0.15, 0.2) is 0 Å². The summed E-state index contributed by atoms with van der Waals surface area (Å²) in [6, 6.07) is 0. The Morgan fingerprint density at radius 2 is 2.24 bits per heavy atom. The quantitative estimate of drug-likeness (QED) is 0.793. The molecule has 0 spiro atoms. The Hall–Kier alpha value is -1.73. The number of thiophene rings is 1. The van der Waals surface area contributed by atoms with Crippen molar-refractivity contribution in [3.8, 4) is 0 Å². The van der Waals surface area contributed by atoms with E-state index in [4.69, 9.17) is 9.84 Å². The van der Waals surface area contributed by atoms with Gasteiger partial charge in [0, 0.05) is 6.61 Å². The highest BCUT2D eigenvalue weighted by atomic mass is 32.1. The molecule has 0 fully saturated rings. The van der Waals surface area contributed by atoms with Crippen molar-refractivity contribution < 1.29 is 14.6 Å². The van der Waals surface area contributed by atoms with E-state index in [0.717, 1.165) is 24.2 Å². The van der Waals surface area contributed by atoms with Crippen LogP contribution in [0.1, 0.15) is 35.0 Å². The lowest BCUT2D eigenvalue weighted by Gasteiger charge is -2.06. The minimum Gasteiger partial charge on any atom is -0.477 e. The summed E-state index contributed by atoms with van der Waals surface area (Å²) >= 11 is 1.03. The van der Waals surface area contributed by atoms with E-state index in [-0.39, 0.29) is 10.4 Å². The van der Waals surface area contributed by atoms with Gasteiger partial charge in [-0.25, -0.2) is 9.78 Å². The van der Waals surface area contributed by atoms with Crippen molar-refractivity contribution in [2.75, 3.05) is 13.2 Å². The number of carbonyl (C=O) groups is 1. The van der Waals surface area contributed by atoms with E-state index in [1.54, 1.807) is 6.92 Å². The third kappa shape index (κ3) is 3.30. The molecule has 0 atom stereocenters. The van der Waals surface area contributed by atoms with E-state index < -0.39 is 5.97 Å². The fourth-order valence-corrected chi connectivity index (χ4v) is 3.01. The molecule has 1 N–H and O–H groups in total. The molecule has 2 heterocycles. The van der Waals surface area contributed by atoms with Gasteiger partial charge in [0.1, 0.15) is 9.71 Å². The van der Waals surface area contributed by atoms with Crippen LogP contribution in [-0.4, -0.2) is 33.8 Å². The summed E-state index contributed by atoms with van der Waals surface area (Å²) in [5.41, 5.74) is 0.279. The van der Waals surface area contributed by atoms with Gasteiger partial charge in [-0.3, -0.25) is 9.36 Å². The standard InChI is InChI=1S/C14H18N2O4S/c1-3-4-6-20-7-5-16-8-15-12-10(13(16)17)9(2)11(21-12)14(18)19/h8H,3-7H2,1-2H3,(H,18,19). The zero-order chi connectivity index (χ0) is 15.4. The molecule has 7 heteroatoms. The third-order valence-corrected chi connectivity index (χ3v) is 4.42. The summed E-state index contributed by atoms with van der Waals surface area (Å²) in [6.07, 6.45) is 3.52. The van der Waals surface area contributed by atoms with Gasteiger partial charge in [0.05, 0.1) is 24.9 Å². The lowest BCUT2D eigenvalue weighted by Crippen LogP contribution is -2.23. The molecule has 0 aliphatic carbocycles. The van der Waals surface area contributed by atoms with Crippen molar-refractivity contribution in [3.05, 3.63) is 27.1 Å². The SMILES string of the molecule is CCCCOCCn1cnc2sc(C(=O)O)c(C)c2c1=O. The molecule has 0 saturated carbocycles. The molecule has 0 aliphatic rings. The van der Waals surface area contributed by atoms with Crippen molar-refractivity contribution in [2.24, 2.45) is 0 Å². The molecule has 114 valence electrons. The predicted octanol–water partition coefficient (Wildman–Crippen LogP) is 2.28. The summed E-state index contributed by atoms with van der Waals surface area (Å²) in [6.45, 7) is 5.28. The Morgan fingerprint density at radius 3 is 2.90 bits per heavy atom. The molecular weight excluding hydrogens is 292 g/mol. The molecule has 0 bridgehead atoms. The summed E-state index contributed by atoms with van der Waals surface area (Å²) in [4.78, 5) is 28.3. The zero-order valence-corrected chi connectivity index (χ0v) is 12.9. The fraction of sp³-hybridized carbons (Fsp3) is 0.500. The van der Waals surface area contributed by atoms with Gasteiger partial charge in [-0.1, -0.05) is 13.3 Å². The van der Waals surface area contributed by atoms with Crippen molar-refractivity contribution in [3.63, 3.8) is 0 Å². The maximum absolute atomic E-state index is 12.4. The predicted molar refractivity (Wildman–Crippen MR) is 81.3 cm³/mol. The average molecular weight is 310 g/mol. The second-order valence-electron chi connectivity index (χ2n) is 4.75. The highest BCUT2D eigenvalue weighted by Crippen LogP contribution is 2.26. The smallest absolute Gasteiger partial charge is 0.346 e. The van der Waals surface area contributed by atoms with Crippen LogP contribution in [0.25, 0.3) is 10.2 Å². The molecule has 0 aliphatic heterocycles. The number of rotatable bonds is 7. The number of carboxylic acids is 1. The molecule has 2 aromatic rings. The normalized spacial score (nSPS) is 11.1. The number of ether oxygens (including phenoxy) is 1. The number of fused-ring (bicyclic) bond motifs is 1. The average Bonchev–Trinajstić information content (AvgIpc) is 2.79. The molecule has 21 heavy (non-hydrogen) atoms. The Bertz CT molecular complexity index is 705. The van der Waals surface area contributed by atoms with Crippen molar-refractivity contribution in [2.45, 2.75) is 33.2 Å². The fourth-order valence-electron chi connectivity index (χ4n) is 2.03. The van der Waals surface area contributed by atoms with E-state index >= 15 is 0 Å². The number of aryl methyl sites for hydroxylation is 1. The number of carboxylic acid groups (broad SMARTS) is 1. The highest BCUT2D eigenvalue weighted by Gasteiger charge is 2.18. The van der Waals surface area contributed by atoms with Crippen LogP contribution in [0.15, 0.2) is 11.1 Å². The first-order valence-electron chi connectivity index (χ1n) is 6.85. The second-order valence-corrected chi connectivity index (χ2v) is 5.75. The molecule has 2 rings (SSSR count). The minimum absolute atomic E-state index is 0.173. The van der Waals surface area contributed by atoms with E-state index in [1.165, 1.54) is 10.9 Å². The van der Waals surface area contributed by atoms with Crippen LogP contribution in [0.4, 0.5) is 0 Å². The summed E-state index contributed by atoms with van der Waals surface area (Å²) in [5, 5.41) is 9.50. The van der Waals surface area contributed by atoms with Crippen LogP contribution in [-0.2, 0) is 11.3 Å². The Labute approximate surface area is 126 Å². The Kier molecular flexibility index (Phi) is 5.08. The van der Waals surface area contributed by atoms with Gasteiger partial charge >= 0.3 is 5.97 Å². The van der Waals surface area contributed by atoms with Crippen LogP contribution < -0.4 is 5.56 Å². The number of hydrogen-bond acceptors (Lipinski definition) is 5. The van der Waals surface area contributed by atoms with Crippen LogP contribution >= 0.6 is 11.3 Å². The van der Waals surface area contributed by atoms with E-state index in [9.17, 15) is 9.59 Å². The Balaban J connectivity index is 2.23. The number of aromatic carboxylic acids is 1. The lowest BCUT2D eigenvalue weighted by molar-refractivity contribution is 0.0701. The van der Waals surface area contributed by atoms with Gasteiger partial charge in [0.2, 0.25) is 0 Å². The molecule has 2 aromatic heterocycles. The topological polar surface area (TPSA) is 81.4 Å².